The Balaban J connectivity index is 1.63. The number of carbonyl (C=O) groups excluding carboxylic acids is 2. The molecule has 6 nitrogen and oxygen atoms in total. The van der Waals surface area contributed by atoms with E-state index >= 15 is 0 Å². The molecule has 2 aliphatic rings. The van der Waals surface area contributed by atoms with Gasteiger partial charge in [0, 0.05) is 6.42 Å². The highest BCUT2D eigenvalue weighted by Gasteiger charge is 2.49. The molecular weight excluding hydrogens is 332 g/mol. The van der Waals surface area contributed by atoms with Gasteiger partial charge in [-0.25, -0.2) is 4.79 Å². The van der Waals surface area contributed by atoms with Crippen molar-refractivity contribution in [2.75, 3.05) is 13.2 Å². The van der Waals surface area contributed by atoms with Crippen LogP contribution in [0.5, 0.6) is 11.5 Å². The lowest BCUT2D eigenvalue weighted by atomic mass is 9.91. The molecule has 2 heterocycles. The molecule has 134 valence electrons. The Hall–Kier alpha value is -3.02. The van der Waals surface area contributed by atoms with Crippen LogP contribution in [0, 0.1) is 0 Å². The molecule has 0 aromatic heterocycles. The summed E-state index contributed by atoms with van der Waals surface area (Å²) in [5.41, 5.74) is 0.450. The average Bonchev–Trinajstić information content (AvgIpc) is 2.83. The lowest BCUT2D eigenvalue weighted by molar-refractivity contribution is -0.131. The lowest BCUT2D eigenvalue weighted by Gasteiger charge is -2.23. The molecule has 0 saturated carbocycles. The molecule has 3 amide bonds. The normalized spacial score (nSPS) is 22.1. The van der Waals surface area contributed by atoms with E-state index in [1.54, 1.807) is 25.1 Å². The van der Waals surface area contributed by atoms with Gasteiger partial charge in [-0.3, -0.25) is 9.69 Å². The number of hydrogen-bond acceptors (Lipinski definition) is 4. The maximum atomic E-state index is 13.0. The summed E-state index contributed by atoms with van der Waals surface area (Å²) in [5.74, 6) is 0.985. The molecule has 0 bridgehead atoms. The molecule has 1 unspecified atom stereocenters. The van der Waals surface area contributed by atoms with Crippen LogP contribution in [-0.4, -0.2) is 30.1 Å². The summed E-state index contributed by atoms with van der Waals surface area (Å²) < 4.78 is 11.4. The van der Waals surface area contributed by atoms with Gasteiger partial charge in [0.25, 0.3) is 5.91 Å². The Morgan fingerprint density at radius 3 is 2.54 bits per heavy atom. The Kier molecular flexibility index (Phi) is 4.03. The first-order valence-corrected chi connectivity index (χ1v) is 8.66. The summed E-state index contributed by atoms with van der Waals surface area (Å²) in [6.07, 6.45) is 0.807. The number of fused-ring (bicyclic) bond motifs is 1. The van der Waals surface area contributed by atoms with Crippen molar-refractivity contribution in [3.63, 3.8) is 0 Å². The van der Waals surface area contributed by atoms with Crippen LogP contribution in [0.25, 0.3) is 0 Å². The predicted molar refractivity (Wildman–Crippen MR) is 94.9 cm³/mol. The minimum atomic E-state index is -1.13. The predicted octanol–water partition coefficient (Wildman–Crippen LogP) is 2.82. The number of amides is 3. The third-order valence-corrected chi connectivity index (χ3v) is 4.78. The molecule has 2 aliphatic heterocycles. The van der Waals surface area contributed by atoms with Gasteiger partial charge in [-0.15, -0.1) is 0 Å². The number of benzene rings is 2. The van der Waals surface area contributed by atoms with Crippen molar-refractivity contribution in [1.82, 2.24) is 10.2 Å². The minimum absolute atomic E-state index is 0.242. The van der Waals surface area contributed by atoms with Crippen LogP contribution < -0.4 is 14.8 Å². The largest absolute Gasteiger partial charge is 0.490 e. The van der Waals surface area contributed by atoms with Gasteiger partial charge in [-0.05, 0) is 30.2 Å². The highest BCUT2D eigenvalue weighted by molar-refractivity contribution is 6.07. The summed E-state index contributed by atoms with van der Waals surface area (Å²) in [7, 11) is 0. The number of imide groups is 1. The van der Waals surface area contributed by atoms with E-state index in [4.69, 9.17) is 9.47 Å². The van der Waals surface area contributed by atoms with Crippen LogP contribution in [0.1, 0.15) is 24.5 Å². The molecular formula is C20H20N2O4. The summed E-state index contributed by atoms with van der Waals surface area (Å²) in [5, 5.41) is 2.83. The molecule has 1 atom stereocenters. The number of carbonyl (C=O) groups is 2. The van der Waals surface area contributed by atoms with Crippen LogP contribution in [0.15, 0.2) is 48.5 Å². The fourth-order valence-electron chi connectivity index (χ4n) is 3.28. The van der Waals surface area contributed by atoms with Crippen molar-refractivity contribution in [3.05, 3.63) is 59.7 Å². The summed E-state index contributed by atoms with van der Waals surface area (Å²) >= 11 is 0. The third kappa shape index (κ3) is 2.77. The molecule has 6 heteroatoms. The molecule has 26 heavy (non-hydrogen) atoms. The molecule has 1 N–H and O–H groups in total. The molecule has 4 rings (SSSR count). The summed E-state index contributed by atoms with van der Waals surface area (Å²) in [4.78, 5) is 26.8. The molecule has 2 aromatic carbocycles. The zero-order chi connectivity index (χ0) is 18.1. The first-order valence-electron chi connectivity index (χ1n) is 8.66. The van der Waals surface area contributed by atoms with Crippen LogP contribution >= 0.6 is 0 Å². The third-order valence-electron chi connectivity index (χ3n) is 4.78. The van der Waals surface area contributed by atoms with Crippen LogP contribution in [-0.2, 0) is 16.9 Å². The standard InChI is InChI=1S/C20H20N2O4/c1-20(15-8-9-16-17(12-15)26-11-5-10-25-16)18(23)22(19(24)21-20)13-14-6-3-2-4-7-14/h2-4,6-9,12H,5,10-11,13H2,1H3,(H,21,24). The highest BCUT2D eigenvalue weighted by Crippen LogP contribution is 2.36. The molecule has 1 fully saturated rings. The number of nitrogens with one attached hydrogen (secondary N) is 1. The first kappa shape index (κ1) is 16.4. The van der Waals surface area contributed by atoms with Crippen LogP contribution in [0.2, 0.25) is 0 Å². The fraction of sp³-hybridized carbons (Fsp3) is 0.300. The number of nitrogens with zero attached hydrogens (tertiary/aromatic N) is 1. The lowest BCUT2D eigenvalue weighted by Crippen LogP contribution is -2.40. The molecule has 1 saturated heterocycles. The Morgan fingerprint density at radius 1 is 1.04 bits per heavy atom. The van der Waals surface area contributed by atoms with Crippen molar-refractivity contribution in [3.8, 4) is 11.5 Å². The Morgan fingerprint density at radius 2 is 1.77 bits per heavy atom. The van der Waals surface area contributed by atoms with Gasteiger partial charge < -0.3 is 14.8 Å². The zero-order valence-electron chi connectivity index (χ0n) is 14.5. The second-order valence-corrected chi connectivity index (χ2v) is 6.64. The molecule has 2 aromatic rings. The Bertz CT molecular complexity index is 852. The summed E-state index contributed by atoms with van der Waals surface area (Å²) in [6.45, 7) is 3.13. The van der Waals surface area contributed by atoms with E-state index in [-0.39, 0.29) is 12.5 Å². The van der Waals surface area contributed by atoms with E-state index in [1.807, 2.05) is 30.3 Å². The second kappa shape index (κ2) is 6.37. The number of rotatable bonds is 3. The molecule has 0 spiro atoms. The van der Waals surface area contributed by atoms with Gasteiger partial charge in [0.2, 0.25) is 0 Å². The summed E-state index contributed by atoms with van der Waals surface area (Å²) in [6, 6.07) is 14.4. The van der Waals surface area contributed by atoms with E-state index in [0.29, 0.717) is 30.3 Å². The number of ether oxygens (including phenoxy) is 2. The van der Waals surface area contributed by atoms with Gasteiger partial charge in [0.05, 0.1) is 19.8 Å². The van der Waals surface area contributed by atoms with Crippen molar-refractivity contribution in [1.29, 1.82) is 0 Å². The van der Waals surface area contributed by atoms with E-state index < -0.39 is 11.6 Å². The smallest absolute Gasteiger partial charge is 0.325 e. The van der Waals surface area contributed by atoms with Crippen LogP contribution in [0.3, 0.4) is 0 Å². The van der Waals surface area contributed by atoms with Crippen molar-refractivity contribution in [2.45, 2.75) is 25.4 Å². The van der Waals surface area contributed by atoms with E-state index in [1.165, 1.54) is 4.90 Å². The Labute approximate surface area is 151 Å². The maximum absolute atomic E-state index is 13.0. The first-order chi connectivity index (χ1) is 12.6. The van der Waals surface area contributed by atoms with Crippen LogP contribution in [0.4, 0.5) is 4.79 Å². The van der Waals surface area contributed by atoms with Crippen molar-refractivity contribution in [2.24, 2.45) is 0 Å². The van der Waals surface area contributed by atoms with E-state index in [9.17, 15) is 9.59 Å². The van der Waals surface area contributed by atoms with E-state index in [0.717, 1.165) is 12.0 Å². The van der Waals surface area contributed by atoms with E-state index in [2.05, 4.69) is 5.32 Å². The van der Waals surface area contributed by atoms with Gasteiger partial charge >= 0.3 is 6.03 Å². The van der Waals surface area contributed by atoms with Crippen molar-refractivity contribution < 1.29 is 19.1 Å². The van der Waals surface area contributed by atoms with Gasteiger partial charge in [0.15, 0.2) is 11.5 Å². The van der Waals surface area contributed by atoms with Gasteiger partial charge in [-0.2, -0.15) is 0 Å². The van der Waals surface area contributed by atoms with Crippen molar-refractivity contribution >= 4 is 11.9 Å². The number of urea groups is 1. The van der Waals surface area contributed by atoms with Gasteiger partial charge in [0.1, 0.15) is 5.54 Å². The van der Waals surface area contributed by atoms with Gasteiger partial charge in [-0.1, -0.05) is 36.4 Å². The SMILES string of the molecule is CC1(c2ccc3c(c2)OCCCO3)NC(=O)N(Cc2ccccc2)C1=O. The number of hydrogen-bond donors (Lipinski definition) is 1. The second-order valence-electron chi connectivity index (χ2n) is 6.64. The zero-order valence-corrected chi connectivity index (χ0v) is 14.5. The molecule has 0 radical (unpaired) electrons. The monoisotopic (exact) mass is 352 g/mol. The highest BCUT2D eigenvalue weighted by atomic mass is 16.5. The average molecular weight is 352 g/mol. The molecule has 0 aliphatic carbocycles. The quantitative estimate of drug-likeness (QED) is 0.863. The topological polar surface area (TPSA) is 67.9 Å². The maximum Gasteiger partial charge on any atom is 0.325 e. The minimum Gasteiger partial charge on any atom is -0.490 e. The fourth-order valence-corrected chi connectivity index (χ4v) is 3.28.